The fourth-order valence-electron chi connectivity index (χ4n) is 2.23. The quantitative estimate of drug-likeness (QED) is 0.891. The molecule has 2 N–H and O–H groups in total. The first kappa shape index (κ1) is 16.7. The van der Waals surface area contributed by atoms with Crippen LogP contribution in [0.4, 0.5) is 0 Å². The second-order valence-corrected chi connectivity index (χ2v) is 5.88. The van der Waals surface area contributed by atoms with Crippen molar-refractivity contribution in [3.63, 3.8) is 0 Å². The third-order valence-corrected chi connectivity index (χ3v) is 3.36. The van der Waals surface area contributed by atoms with Crippen LogP contribution in [0.25, 0.3) is 0 Å². The normalized spacial score (nSPS) is 10.4. The molecule has 0 aliphatic carbocycles. The summed E-state index contributed by atoms with van der Waals surface area (Å²) in [4.78, 5) is 24.0. The van der Waals surface area contributed by atoms with E-state index in [4.69, 9.17) is 0 Å². The zero-order chi connectivity index (χ0) is 16.8. The van der Waals surface area contributed by atoms with Gasteiger partial charge in [-0.1, -0.05) is 29.8 Å². The largest absolute Gasteiger partial charge is 0.350 e. The zero-order valence-corrected chi connectivity index (χ0v) is 13.7. The van der Waals surface area contributed by atoms with E-state index in [0.717, 1.165) is 11.1 Å². The van der Waals surface area contributed by atoms with Crippen LogP contribution in [0.15, 0.2) is 48.5 Å². The fraction of sp³-hybridized carbons (Fsp3) is 0.263. The molecule has 4 nitrogen and oxygen atoms in total. The first-order chi connectivity index (χ1) is 11.0. The van der Waals surface area contributed by atoms with Crippen LogP contribution in [0.1, 0.15) is 45.7 Å². The summed E-state index contributed by atoms with van der Waals surface area (Å²) in [6.45, 7) is 6.32. The maximum Gasteiger partial charge on any atom is 0.251 e. The van der Waals surface area contributed by atoms with Crippen LogP contribution in [0.5, 0.6) is 0 Å². The molecule has 4 heteroatoms. The standard InChI is InChI=1S/C19H22N2O2/c1-13(2)21-19(23)17-9-7-16(8-10-17)18(22)20-12-15-6-4-5-14(3)11-15/h4-11,13H,12H2,1-3H3,(H,20,22)(H,21,23). The first-order valence-corrected chi connectivity index (χ1v) is 7.70. The van der Waals surface area contributed by atoms with Gasteiger partial charge in [-0.2, -0.15) is 0 Å². The molecule has 0 heterocycles. The summed E-state index contributed by atoms with van der Waals surface area (Å²) in [6.07, 6.45) is 0. The Morgan fingerprint density at radius 2 is 1.57 bits per heavy atom. The van der Waals surface area contributed by atoms with E-state index in [2.05, 4.69) is 10.6 Å². The molecule has 2 amide bonds. The third-order valence-electron chi connectivity index (χ3n) is 3.36. The molecule has 0 aliphatic heterocycles. The molecule has 0 aliphatic rings. The minimum Gasteiger partial charge on any atom is -0.350 e. The van der Waals surface area contributed by atoms with Gasteiger partial charge in [0.05, 0.1) is 0 Å². The van der Waals surface area contributed by atoms with Crippen LogP contribution < -0.4 is 10.6 Å². The van der Waals surface area contributed by atoms with Gasteiger partial charge in [0.2, 0.25) is 0 Å². The van der Waals surface area contributed by atoms with Crippen LogP contribution in [-0.2, 0) is 6.54 Å². The Morgan fingerprint density at radius 1 is 0.957 bits per heavy atom. The van der Waals surface area contributed by atoms with E-state index >= 15 is 0 Å². The zero-order valence-electron chi connectivity index (χ0n) is 13.7. The van der Waals surface area contributed by atoms with Crippen LogP contribution in [-0.4, -0.2) is 17.9 Å². The van der Waals surface area contributed by atoms with Gasteiger partial charge in [-0.15, -0.1) is 0 Å². The fourth-order valence-corrected chi connectivity index (χ4v) is 2.23. The van der Waals surface area contributed by atoms with E-state index in [1.165, 1.54) is 0 Å². The number of rotatable bonds is 5. The SMILES string of the molecule is Cc1cccc(CNC(=O)c2ccc(C(=O)NC(C)C)cc2)c1. The predicted octanol–water partition coefficient (Wildman–Crippen LogP) is 3.06. The van der Waals surface area contributed by atoms with E-state index in [9.17, 15) is 9.59 Å². The monoisotopic (exact) mass is 310 g/mol. The Balaban J connectivity index is 1.96. The van der Waals surface area contributed by atoms with E-state index < -0.39 is 0 Å². The highest BCUT2D eigenvalue weighted by atomic mass is 16.2. The number of amides is 2. The molecule has 2 aromatic carbocycles. The lowest BCUT2D eigenvalue weighted by molar-refractivity contribution is 0.0934. The van der Waals surface area contributed by atoms with Gasteiger partial charge in [0, 0.05) is 23.7 Å². The van der Waals surface area contributed by atoms with Crippen molar-refractivity contribution in [3.8, 4) is 0 Å². The molecule has 23 heavy (non-hydrogen) atoms. The van der Waals surface area contributed by atoms with Crippen molar-refractivity contribution in [2.24, 2.45) is 0 Å². The summed E-state index contributed by atoms with van der Waals surface area (Å²) >= 11 is 0. The summed E-state index contributed by atoms with van der Waals surface area (Å²) in [5, 5.41) is 5.70. The number of benzene rings is 2. The number of aryl methyl sites for hydroxylation is 1. The minimum atomic E-state index is -0.151. The van der Waals surface area contributed by atoms with Gasteiger partial charge in [0.15, 0.2) is 0 Å². The lowest BCUT2D eigenvalue weighted by Crippen LogP contribution is -2.30. The highest BCUT2D eigenvalue weighted by Crippen LogP contribution is 2.07. The van der Waals surface area contributed by atoms with Crippen molar-refractivity contribution >= 4 is 11.8 Å². The molecule has 0 fully saturated rings. The molecule has 0 atom stereocenters. The number of hydrogen-bond acceptors (Lipinski definition) is 2. The van der Waals surface area contributed by atoms with Gasteiger partial charge in [-0.3, -0.25) is 9.59 Å². The maximum absolute atomic E-state index is 12.2. The number of hydrogen-bond donors (Lipinski definition) is 2. The van der Waals surface area contributed by atoms with Crippen LogP contribution in [0.3, 0.4) is 0 Å². The lowest BCUT2D eigenvalue weighted by atomic mass is 10.1. The minimum absolute atomic E-state index is 0.0832. The number of carbonyl (C=O) groups is 2. The van der Waals surface area contributed by atoms with E-state index in [1.807, 2.05) is 45.0 Å². The van der Waals surface area contributed by atoms with Crippen molar-refractivity contribution in [3.05, 3.63) is 70.8 Å². The topological polar surface area (TPSA) is 58.2 Å². The first-order valence-electron chi connectivity index (χ1n) is 7.70. The van der Waals surface area contributed by atoms with Gasteiger partial charge in [0.1, 0.15) is 0 Å². The van der Waals surface area contributed by atoms with Gasteiger partial charge < -0.3 is 10.6 Å². The highest BCUT2D eigenvalue weighted by molar-refractivity contribution is 5.97. The lowest BCUT2D eigenvalue weighted by Gasteiger charge is -2.09. The molecule has 0 unspecified atom stereocenters. The van der Waals surface area contributed by atoms with E-state index in [1.54, 1.807) is 24.3 Å². The summed E-state index contributed by atoms with van der Waals surface area (Å²) in [5.74, 6) is -0.283. The van der Waals surface area contributed by atoms with Gasteiger partial charge in [0.25, 0.3) is 11.8 Å². The van der Waals surface area contributed by atoms with Crippen LogP contribution in [0, 0.1) is 6.92 Å². The Bertz CT molecular complexity index is 691. The average molecular weight is 310 g/mol. The average Bonchev–Trinajstić information content (AvgIpc) is 2.52. The Kier molecular flexibility index (Phi) is 5.52. The third kappa shape index (κ3) is 4.95. The Hall–Kier alpha value is -2.62. The molecule has 0 saturated carbocycles. The van der Waals surface area contributed by atoms with E-state index in [0.29, 0.717) is 17.7 Å². The van der Waals surface area contributed by atoms with Crippen molar-refractivity contribution in [2.45, 2.75) is 33.4 Å². The summed E-state index contributed by atoms with van der Waals surface area (Å²) in [5.41, 5.74) is 3.32. The van der Waals surface area contributed by atoms with Crippen LogP contribution in [0.2, 0.25) is 0 Å². The van der Waals surface area contributed by atoms with Crippen molar-refractivity contribution in [1.82, 2.24) is 10.6 Å². The molecule has 2 rings (SSSR count). The molecular formula is C19H22N2O2. The maximum atomic E-state index is 12.2. The second kappa shape index (κ2) is 7.58. The second-order valence-electron chi connectivity index (χ2n) is 5.88. The predicted molar refractivity (Wildman–Crippen MR) is 91.4 cm³/mol. The molecule has 2 aromatic rings. The van der Waals surface area contributed by atoms with E-state index in [-0.39, 0.29) is 17.9 Å². The molecule has 120 valence electrons. The van der Waals surface area contributed by atoms with Gasteiger partial charge in [-0.05, 0) is 50.6 Å². The van der Waals surface area contributed by atoms with Gasteiger partial charge >= 0.3 is 0 Å². The molecular weight excluding hydrogens is 288 g/mol. The van der Waals surface area contributed by atoms with Gasteiger partial charge in [-0.25, -0.2) is 0 Å². The summed E-state index contributed by atoms with van der Waals surface area (Å²) < 4.78 is 0. The number of nitrogens with one attached hydrogen (secondary N) is 2. The number of carbonyl (C=O) groups excluding carboxylic acids is 2. The Labute approximate surface area is 136 Å². The molecule has 0 aromatic heterocycles. The van der Waals surface area contributed by atoms with Crippen LogP contribution >= 0.6 is 0 Å². The Morgan fingerprint density at radius 3 is 2.13 bits per heavy atom. The highest BCUT2D eigenvalue weighted by Gasteiger charge is 2.09. The molecule has 0 spiro atoms. The van der Waals surface area contributed by atoms with Crippen molar-refractivity contribution in [1.29, 1.82) is 0 Å². The molecule has 0 bridgehead atoms. The van der Waals surface area contributed by atoms with Crippen molar-refractivity contribution < 1.29 is 9.59 Å². The molecule has 0 saturated heterocycles. The van der Waals surface area contributed by atoms with Crippen molar-refractivity contribution in [2.75, 3.05) is 0 Å². The molecule has 0 radical (unpaired) electrons. The summed E-state index contributed by atoms with van der Waals surface area (Å²) in [7, 11) is 0. The smallest absolute Gasteiger partial charge is 0.251 e. The summed E-state index contributed by atoms with van der Waals surface area (Å²) in [6, 6.07) is 14.8.